The van der Waals surface area contributed by atoms with E-state index in [1.165, 1.54) is 0 Å². The average Bonchev–Trinajstić information content (AvgIpc) is 3.15. The third kappa shape index (κ3) is 1.57. The molecule has 1 aromatic rings. The Labute approximate surface area is 128 Å². The van der Waals surface area contributed by atoms with Crippen molar-refractivity contribution in [3.8, 4) is 0 Å². The van der Waals surface area contributed by atoms with Crippen molar-refractivity contribution in [2.45, 2.75) is 25.0 Å². The van der Waals surface area contributed by atoms with Gasteiger partial charge in [-0.3, -0.25) is 4.79 Å². The van der Waals surface area contributed by atoms with Gasteiger partial charge in [0.15, 0.2) is 0 Å². The van der Waals surface area contributed by atoms with Gasteiger partial charge in [0.1, 0.15) is 5.60 Å². The Kier molecular flexibility index (Phi) is 2.72. The van der Waals surface area contributed by atoms with Crippen molar-refractivity contribution < 1.29 is 19.4 Å². The largest absolute Gasteiger partial charge is 0.550 e. The number of rotatable bonds is 3. The quantitative estimate of drug-likeness (QED) is 0.752. The zero-order chi connectivity index (χ0) is 15.5. The number of carbonyl (C=O) groups excluding carboxylic acids is 2. The molecule has 5 heteroatoms. The summed E-state index contributed by atoms with van der Waals surface area (Å²) in [5, 5.41) is 11.4. The Hall–Kier alpha value is -2.14. The fourth-order valence-corrected chi connectivity index (χ4v) is 4.04. The predicted octanol–water partition coefficient (Wildman–Crippen LogP) is 0.285. The Bertz CT molecular complexity index is 698. The standard InChI is InChI=1S/C17H17NO4/c1-2-10-5-3-4-6-11(10)18-9-17-8-7-12(22-17)13(16(20)21)14(17)15(18)19/h3-8,12-14H,2,9H2,1H3,(H,20,21)/p-1/t12-,13-,14+,17-/m1/s1. The van der Waals surface area contributed by atoms with Gasteiger partial charge in [-0.15, -0.1) is 0 Å². The summed E-state index contributed by atoms with van der Waals surface area (Å²) >= 11 is 0. The third-order valence-electron chi connectivity index (χ3n) is 5.04. The number of hydrogen-bond acceptors (Lipinski definition) is 4. The minimum atomic E-state index is -1.21. The number of aliphatic carboxylic acids is 1. The van der Waals surface area contributed by atoms with Crippen LogP contribution in [0, 0.1) is 11.8 Å². The molecule has 1 spiro atoms. The maximum absolute atomic E-state index is 12.9. The molecular weight excluding hydrogens is 282 g/mol. The van der Waals surface area contributed by atoms with Gasteiger partial charge in [0, 0.05) is 17.6 Å². The van der Waals surface area contributed by atoms with Crippen LogP contribution in [0.3, 0.4) is 0 Å². The monoisotopic (exact) mass is 298 g/mol. The second-order valence-corrected chi connectivity index (χ2v) is 6.13. The Balaban J connectivity index is 1.77. The highest BCUT2D eigenvalue weighted by molar-refractivity contribution is 6.02. The summed E-state index contributed by atoms with van der Waals surface area (Å²) in [6, 6.07) is 7.71. The maximum atomic E-state index is 12.9. The van der Waals surface area contributed by atoms with Crippen molar-refractivity contribution in [1.29, 1.82) is 0 Å². The third-order valence-corrected chi connectivity index (χ3v) is 5.04. The first-order valence-electron chi connectivity index (χ1n) is 7.55. The summed E-state index contributed by atoms with van der Waals surface area (Å²) in [5.41, 5.74) is 1.10. The number of hydrogen-bond donors (Lipinski definition) is 0. The Morgan fingerprint density at radius 2 is 2.23 bits per heavy atom. The first kappa shape index (κ1) is 13.5. The molecule has 3 aliphatic heterocycles. The van der Waals surface area contributed by atoms with Crippen LogP contribution in [-0.4, -0.2) is 30.1 Å². The molecule has 4 atom stereocenters. The lowest BCUT2D eigenvalue weighted by atomic mass is 9.77. The molecule has 3 heterocycles. The highest BCUT2D eigenvalue weighted by Gasteiger charge is 2.65. The highest BCUT2D eigenvalue weighted by Crippen LogP contribution is 2.52. The molecule has 22 heavy (non-hydrogen) atoms. The number of amides is 1. The van der Waals surface area contributed by atoms with Crippen molar-refractivity contribution in [2.75, 3.05) is 11.4 Å². The molecular formula is C17H16NO4-. The van der Waals surface area contributed by atoms with E-state index in [-0.39, 0.29) is 5.91 Å². The minimum Gasteiger partial charge on any atom is -0.550 e. The molecule has 0 saturated carbocycles. The molecule has 0 aliphatic carbocycles. The molecule has 0 unspecified atom stereocenters. The van der Waals surface area contributed by atoms with Gasteiger partial charge in [-0.2, -0.15) is 0 Å². The predicted molar refractivity (Wildman–Crippen MR) is 76.9 cm³/mol. The fourth-order valence-electron chi connectivity index (χ4n) is 4.04. The summed E-state index contributed by atoms with van der Waals surface area (Å²) in [6.07, 6.45) is 3.87. The number of nitrogens with zero attached hydrogens (tertiary/aromatic N) is 1. The molecule has 0 N–H and O–H groups in total. The molecule has 2 fully saturated rings. The van der Waals surface area contributed by atoms with Crippen molar-refractivity contribution in [3.63, 3.8) is 0 Å². The van der Waals surface area contributed by atoms with Crippen molar-refractivity contribution in [1.82, 2.24) is 0 Å². The van der Waals surface area contributed by atoms with Crippen molar-refractivity contribution in [3.05, 3.63) is 42.0 Å². The molecule has 114 valence electrons. The number of aryl methyl sites for hydroxylation is 1. The molecule has 3 aliphatic rings. The first-order chi connectivity index (χ1) is 10.6. The summed E-state index contributed by atoms with van der Waals surface area (Å²) in [5.74, 6) is -2.96. The normalized spacial score (nSPS) is 35.2. The zero-order valence-corrected chi connectivity index (χ0v) is 12.2. The van der Waals surface area contributed by atoms with Gasteiger partial charge in [-0.1, -0.05) is 37.3 Å². The Morgan fingerprint density at radius 1 is 1.45 bits per heavy atom. The molecule has 4 rings (SSSR count). The second kappa shape index (κ2) is 4.43. The number of carboxylic acids is 1. The number of fused-ring (bicyclic) bond motifs is 1. The van der Waals surface area contributed by atoms with Crippen molar-refractivity contribution in [2.24, 2.45) is 11.8 Å². The van der Waals surface area contributed by atoms with E-state index in [9.17, 15) is 14.7 Å². The minimum absolute atomic E-state index is 0.179. The van der Waals surface area contributed by atoms with E-state index in [4.69, 9.17) is 4.74 Å². The van der Waals surface area contributed by atoms with Crippen LogP contribution in [0.15, 0.2) is 36.4 Å². The lowest BCUT2D eigenvalue weighted by Crippen LogP contribution is -2.45. The van der Waals surface area contributed by atoms with E-state index in [1.54, 1.807) is 11.0 Å². The number of carboxylic acid groups (broad SMARTS) is 1. The molecule has 0 radical (unpaired) electrons. The van der Waals surface area contributed by atoms with Crippen LogP contribution >= 0.6 is 0 Å². The smallest absolute Gasteiger partial charge is 0.234 e. The number of anilines is 1. The highest BCUT2D eigenvalue weighted by atomic mass is 16.5. The number of ether oxygens (including phenoxy) is 1. The molecule has 0 aromatic heterocycles. The van der Waals surface area contributed by atoms with Crippen LogP contribution in [0.5, 0.6) is 0 Å². The van der Waals surface area contributed by atoms with E-state index >= 15 is 0 Å². The number of carbonyl (C=O) groups is 2. The van der Waals surface area contributed by atoms with E-state index in [1.807, 2.05) is 37.3 Å². The van der Waals surface area contributed by atoms with E-state index < -0.39 is 29.5 Å². The second-order valence-electron chi connectivity index (χ2n) is 6.13. The first-order valence-corrected chi connectivity index (χ1v) is 7.55. The Morgan fingerprint density at radius 3 is 2.95 bits per heavy atom. The van der Waals surface area contributed by atoms with Gasteiger partial charge in [-0.25, -0.2) is 0 Å². The van der Waals surface area contributed by atoms with Crippen LogP contribution in [0.1, 0.15) is 12.5 Å². The van der Waals surface area contributed by atoms with Gasteiger partial charge < -0.3 is 19.5 Å². The van der Waals surface area contributed by atoms with Crippen LogP contribution in [0.25, 0.3) is 0 Å². The molecule has 1 amide bonds. The number of benzene rings is 1. The van der Waals surface area contributed by atoms with Crippen LogP contribution in [0.2, 0.25) is 0 Å². The van der Waals surface area contributed by atoms with E-state index in [0.29, 0.717) is 6.54 Å². The van der Waals surface area contributed by atoms with Crippen molar-refractivity contribution >= 4 is 17.6 Å². The molecule has 5 nitrogen and oxygen atoms in total. The van der Waals surface area contributed by atoms with Crippen LogP contribution in [-0.2, 0) is 20.7 Å². The maximum Gasteiger partial charge on any atom is 0.234 e. The average molecular weight is 298 g/mol. The van der Waals surface area contributed by atoms with Gasteiger partial charge in [-0.05, 0) is 18.1 Å². The van der Waals surface area contributed by atoms with Gasteiger partial charge in [0.05, 0.1) is 18.6 Å². The summed E-state index contributed by atoms with van der Waals surface area (Å²) in [7, 11) is 0. The molecule has 2 saturated heterocycles. The lowest BCUT2D eigenvalue weighted by Gasteiger charge is -2.24. The van der Waals surface area contributed by atoms with Crippen LogP contribution in [0.4, 0.5) is 5.69 Å². The molecule has 1 aromatic carbocycles. The van der Waals surface area contributed by atoms with Gasteiger partial charge in [0.2, 0.25) is 5.91 Å². The van der Waals surface area contributed by atoms with E-state index in [0.717, 1.165) is 17.7 Å². The SMILES string of the molecule is CCc1ccccc1N1C[C@@]23C=C[C@@H](O2)[C@@H](C(=O)[O-])[C@H]3C1=O. The fraction of sp³-hybridized carbons (Fsp3) is 0.412. The van der Waals surface area contributed by atoms with Gasteiger partial charge in [0.25, 0.3) is 0 Å². The van der Waals surface area contributed by atoms with E-state index in [2.05, 4.69) is 0 Å². The summed E-state index contributed by atoms with van der Waals surface area (Å²) in [6.45, 7) is 2.40. The number of para-hydroxylation sites is 1. The lowest BCUT2D eigenvalue weighted by molar-refractivity contribution is -0.313. The topological polar surface area (TPSA) is 69.7 Å². The zero-order valence-electron chi connectivity index (χ0n) is 12.2. The molecule has 2 bridgehead atoms. The van der Waals surface area contributed by atoms with Crippen LogP contribution < -0.4 is 10.0 Å². The summed E-state index contributed by atoms with van der Waals surface area (Å²) < 4.78 is 5.86. The van der Waals surface area contributed by atoms with Gasteiger partial charge >= 0.3 is 0 Å². The summed E-state index contributed by atoms with van der Waals surface area (Å²) in [4.78, 5) is 26.0.